The van der Waals surface area contributed by atoms with Crippen LogP contribution in [0.15, 0.2) is 0 Å². The normalized spacial score (nSPS) is 22.6. The van der Waals surface area contributed by atoms with Gasteiger partial charge in [0.05, 0.1) is 0 Å². The summed E-state index contributed by atoms with van der Waals surface area (Å²) in [7, 11) is 5.52. The van der Waals surface area contributed by atoms with Crippen molar-refractivity contribution in [3.05, 3.63) is 0 Å². The second-order valence-corrected chi connectivity index (χ2v) is 13.3. The van der Waals surface area contributed by atoms with Crippen LogP contribution in [-0.2, 0) is 26.9 Å². The van der Waals surface area contributed by atoms with Crippen LogP contribution >= 0.6 is 0 Å². The van der Waals surface area contributed by atoms with Crippen molar-refractivity contribution >= 4 is 17.4 Å². The molecule has 158 valence electrons. The van der Waals surface area contributed by atoms with E-state index < -0.39 is 17.4 Å². The maximum Gasteiger partial charge on any atom is 0.500 e. The highest BCUT2D eigenvalue weighted by molar-refractivity contribution is 6.70. The minimum Gasteiger partial charge on any atom is -0.396 e. The number of aliphatic hydroxyl groups is 1. The Morgan fingerprint density at radius 2 is 1.54 bits per heavy atom. The van der Waals surface area contributed by atoms with Gasteiger partial charge in [0.15, 0.2) is 0 Å². The van der Waals surface area contributed by atoms with E-state index in [1.807, 2.05) is 0 Å². The fraction of sp³-hybridized carbons (Fsp3) is 1.00. The first-order valence-electron chi connectivity index (χ1n) is 9.36. The first kappa shape index (κ1) is 26.2. The van der Waals surface area contributed by atoms with Crippen molar-refractivity contribution in [1.29, 1.82) is 0 Å². The molecule has 0 aromatic rings. The maximum absolute atomic E-state index is 8.57. The standard InChI is InChI=1S/C11H24O3Si.C6H16O4Si/c1-5-8-11(12-2)9-6-7-10-15(11,13-3)14-4;1-8-11(9-2,10-3)6-4-5-7/h5-10H2,1-4H3;7H,4-6H2,1-3H3. The van der Waals surface area contributed by atoms with Crippen LogP contribution in [0.2, 0.25) is 12.1 Å². The van der Waals surface area contributed by atoms with Crippen LogP contribution in [0, 0.1) is 0 Å². The molecule has 1 N–H and O–H groups in total. The van der Waals surface area contributed by atoms with Gasteiger partial charge in [0, 0.05) is 55.3 Å². The zero-order chi connectivity index (χ0) is 20.1. The molecule has 1 saturated heterocycles. The van der Waals surface area contributed by atoms with Crippen molar-refractivity contribution in [2.24, 2.45) is 0 Å². The molecule has 1 unspecified atom stereocenters. The Morgan fingerprint density at radius 1 is 0.962 bits per heavy atom. The molecule has 1 heterocycles. The molecule has 1 aliphatic rings. The third-order valence-electron chi connectivity index (χ3n) is 5.31. The van der Waals surface area contributed by atoms with Crippen LogP contribution in [0.25, 0.3) is 0 Å². The molecule has 9 heteroatoms. The van der Waals surface area contributed by atoms with Crippen LogP contribution in [0.3, 0.4) is 0 Å². The summed E-state index contributed by atoms with van der Waals surface area (Å²) in [6, 6.07) is 1.72. The Labute approximate surface area is 161 Å². The van der Waals surface area contributed by atoms with E-state index >= 15 is 0 Å². The van der Waals surface area contributed by atoms with Crippen LogP contribution in [0.4, 0.5) is 0 Å². The van der Waals surface area contributed by atoms with Gasteiger partial charge in [0.2, 0.25) is 0 Å². The predicted octanol–water partition coefficient (Wildman–Crippen LogP) is 2.88. The number of hydrogen-bond acceptors (Lipinski definition) is 7. The minimum absolute atomic E-state index is 0.122. The first-order chi connectivity index (χ1) is 12.4. The molecule has 0 radical (unpaired) electrons. The fourth-order valence-electron chi connectivity index (χ4n) is 3.78. The van der Waals surface area contributed by atoms with Crippen molar-refractivity contribution in [3.8, 4) is 0 Å². The number of rotatable bonds is 11. The molecule has 1 aliphatic heterocycles. The topological polar surface area (TPSA) is 75.6 Å². The van der Waals surface area contributed by atoms with Gasteiger partial charge in [0.25, 0.3) is 0 Å². The van der Waals surface area contributed by atoms with Crippen LogP contribution in [-0.4, -0.2) is 77.0 Å². The lowest BCUT2D eigenvalue weighted by Gasteiger charge is -2.47. The molecule has 7 nitrogen and oxygen atoms in total. The predicted molar refractivity (Wildman–Crippen MR) is 106 cm³/mol. The summed E-state index contributed by atoms with van der Waals surface area (Å²) in [4.78, 5) is 0. The van der Waals surface area contributed by atoms with Crippen molar-refractivity contribution in [2.75, 3.05) is 49.3 Å². The number of ether oxygens (including phenoxy) is 1. The Morgan fingerprint density at radius 3 is 1.92 bits per heavy atom. The zero-order valence-corrected chi connectivity index (χ0v) is 19.8. The van der Waals surface area contributed by atoms with E-state index in [2.05, 4.69) is 6.92 Å². The zero-order valence-electron chi connectivity index (χ0n) is 17.8. The molecule has 26 heavy (non-hydrogen) atoms. The Hall–Kier alpha value is 0.154. The summed E-state index contributed by atoms with van der Waals surface area (Å²) in [5.74, 6) is 0. The second kappa shape index (κ2) is 13.4. The second-order valence-electron chi connectivity index (χ2n) is 6.44. The average molecular weight is 413 g/mol. The molecule has 0 amide bonds. The summed E-state index contributed by atoms with van der Waals surface area (Å²) < 4.78 is 32.8. The van der Waals surface area contributed by atoms with Crippen molar-refractivity contribution in [1.82, 2.24) is 0 Å². The number of methoxy groups -OCH3 is 1. The van der Waals surface area contributed by atoms with E-state index in [9.17, 15) is 0 Å². The molecule has 0 aromatic heterocycles. The lowest BCUT2D eigenvalue weighted by Crippen LogP contribution is -2.64. The largest absolute Gasteiger partial charge is 0.500 e. The van der Waals surface area contributed by atoms with Crippen molar-refractivity contribution < 1.29 is 32.0 Å². The quantitative estimate of drug-likeness (QED) is 0.523. The Kier molecular flexibility index (Phi) is 13.4. The molecule has 0 aromatic carbocycles. The highest BCUT2D eigenvalue weighted by Crippen LogP contribution is 2.42. The number of hydrogen-bond donors (Lipinski definition) is 1. The Bertz CT molecular complexity index is 340. The highest BCUT2D eigenvalue weighted by Gasteiger charge is 2.58. The monoisotopic (exact) mass is 412 g/mol. The van der Waals surface area contributed by atoms with E-state index in [0.717, 1.165) is 25.3 Å². The van der Waals surface area contributed by atoms with Crippen LogP contribution in [0.1, 0.15) is 45.4 Å². The molecule has 0 saturated carbocycles. The molecule has 0 bridgehead atoms. The first-order valence-corrected chi connectivity index (χ1v) is 13.3. The van der Waals surface area contributed by atoms with Gasteiger partial charge in [-0.3, -0.25) is 0 Å². The summed E-state index contributed by atoms with van der Waals surface area (Å²) >= 11 is 0. The van der Waals surface area contributed by atoms with Gasteiger partial charge >= 0.3 is 17.4 Å². The minimum atomic E-state index is -2.40. The summed E-state index contributed by atoms with van der Waals surface area (Å²) in [6.45, 7) is 2.34. The van der Waals surface area contributed by atoms with E-state index in [1.165, 1.54) is 12.8 Å². The molecule has 1 fully saturated rings. The molecule has 1 rings (SSSR count). The maximum atomic E-state index is 8.57. The van der Waals surface area contributed by atoms with E-state index in [4.69, 9.17) is 32.0 Å². The van der Waals surface area contributed by atoms with Crippen molar-refractivity contribution in [2.45, 2.75) is 62.8 Å². The average Bonchev–Trinajstić information content (AvgIpc) is 2.70. The van der Waals surface area contributed by atoms with Gasteiger partial charge < -0.3 is 32.0 Å². The van der Waals surface area contributed by atoms with Gasteiger partial charge in [-0.25, -0.2) is 0 Å². The Balaban J connectivity index is 0.000000508. The molecular formula is C17H40O7Si2. The number of aliphatic hydroxyl groups excluding tert-OH is 1. The molecule has 1 atom stereocenters. The SMILES string of the molecule is CCCC1(OC)CCCC[Si]1(OC)OC.CO[Si](CCCO)(OC)OC. The molecule has 0 spiro atoms. The van der Waals surface area contributed by atoms with Gasteiger partial charge in [-0.2, -0.15) is 0 Å². The lowest BCUT2D eigenvalue weighted by atomic mass is 10.1. The van der Waals surface area contributed by atoms with Gasteiger partial charge in [-0.1, -0.05) is 26.2 Å². The highest BCUT2D eigenvalue weighted by atomic mass is 28.4. The van der Waals surface area contributed by atoms with Gasteiger partial charge in [0.1, 0.15) is 5.22 Å². The third-order valence-corrected chi connectivity index (χ3v) is 12.6. The summed E-state index contributed by atoms with van der Waals surface area (Å²) in [6.07, 6.45) is 6.36. The van der Waals surface area contributed by atoms with E-state index in [0.29, 0.717) is 12.5 Å². The lowest BCUT2D eigenvalue weighted by molar-refractivity contribution is -0.0149. The third kappa shape index (κ3) is 6.35. The summed E-state index contributed by atoms with van der Waals surface area (Å²) in [5.41, 5.74) is 0. The van der Waals surface area contributed by atoms with Crippen LogP contribution < -0.4 is 0 Å². The van der Waals surface area contributed by atoms with Gasteiger partial charge in [-0.05, 0) is 25.3 Å². The molecular weight excluding hydrogens is 372 g/mol. The summed E-state index contributed by atoms with van der Waals surface area (Å²) in [5, 5.41) is 8.45. The van der Waals surface area contributed by atoms with Crippen molar-refractivity contribution in [3.63, 3.8) is 0 Å². The van der Waals surface area contributed by atoms with E-state index in [1.54, 1.807) is 42.7 Å². The molecule has 0 aliphatic carbocycles. The van der Waals surface area contributed by atoms with E-state index in [-0.39, 0.29) is 11.8 Å². The van der Waals surface area contributed by atoms with Crippen LogP contribution in [0.5, 0.6) is 0 Å². The fourth-order valence-corrected chi connectivity index (χ4v) is 9.47. The van der Waals surface area contributed by atoms with Gasteiger partial charge in [-0.15, -0.1) is 0 Å². The smallest absolute Gasteiger partial charge is 0.396 e.